The van der Waals surface area contributed by atoms with Crippen molar-refractivity contribution >= 4 is 22.8 Å². The monoisotopic (exact) mass is 231 g/mol. The van der Waals surface area contributed by atoms with Crippen LogP contribution >= 0.6 is 15.9 Å². The van der Waals surface area contributed by atoms with Crippen LogP contribution in [0, 0.1) is 0 Å². The molecule has 0 aliphatic carbocycles. The Balaban J connectivity index is 2.54. The van der Waals surface area contributed by atoms with Crippen LogP contribution in [0.5, 0.6) is 0 Å². The minimum absolute atomic E-state index is 0.890. The number of hydrogen-bond donors (Lipinski definition) is 0. The summed E-state index contributed by atoms with van der Waals surface area (Å²) in [7, 11) is 0. The molecule has 0 saturated carbocycles. The van der Waals surface area contributed by atoms with Crippen LogP contribution in [0.15, 0.2) is 47.1 Å². The van der Waals surface area contributed by atoms with Gasteiger partial charge in [0.25, 0.3) is 0 Å². The van der Waals surface area contributed by atoms with Crippen LogP contribution in [0.2, 0.25) is 0 Å². The molecule has 13 heavy (non-hydrogen) atoms. The van der Waals surface area contributed by atoms with Crippen molar-refractivity contribution in [2.24, 2.45) is 0 Å². The maximum absolute atomic E-state index is 4.17. The second kappa shape index (κ2) is 3.84. The van der Waals surface area contributed by atoms with Gasteiger partial charge in [-0.1, -0.05) is 0 Å². The first-order chi connectivity index (χ1) is 6.38. The molecule has 0 aliphatic rings. The number of nitrogens with zero attached hydrogens (tertiary/aromatic N) is 1. The fourth-order valence-corrected chi connectivity index (χ4v) is 1.70. The van der Waals surface area contributed by atoms with Gasteiger partial charge in [-0.15, -0.1) is 0 Å². The van der Waals surface area contributed by atoms with Crippen LogP contribution in [0.4, 0.5) is 0 Å². The van der Waals surface area contributed by atoms with Crippen molar-refractivity contribution in [3.05, 3.63) is 47.1 Å². The van der Waals surface area contributed by atoms with Crippen molar-refractivity contribution < 1.29 is 0 Å². The van der Waals surface area contributed by atoms with E-state index in [4.69, 9.17) is 0 Å². The van der Waals surface area contributed by atoms with Crippen molar-refractivity contribution in [2.75, 3.05) is 0 Å². The molecule has 0 unspecified atom stereocenters. The molecule has 0 aliphatic heterocycles. The van der Waals surface area contributed by atoms with E-state index in [0.29, 0.717) is 0 Å². The Bertz CT molecular complexity index is 403. The molecule has 0 amide bonds. The van der Waals surface area contributed by atoms with E-state index in [1.165, 1.54) is 5.46 Å². The van der Waals surface area contributed by atoms with E-state index in [0.717, 1.165) is 10.2 Å². The van der Waals surface area contributed by atoms with Crippen LogP contribution in [0.3, 0.4) is 0 Å². The summed E-state index contributed by atoms with van der Waals surface area (Å²) in [5.41, 5.74) is 2.31. The van der Waals surface area contributed by atoms with E-state index >= 15 is 0 Å². The summed E-state index contributed by atoms with van der Waals surface area (Å²) in [6.07, 6.45) is 1.77. The van der Waals surface area contributed by atoms with Gasteiger partial charge in [0.2, 0.25) is 0 Å². The van der Waals surface area contributed by atoms with Gasteiger partial charge in [0.1, 0.15) is 0 Å². The number of pyridine rings is 1. The third kappa shape index (κ3) is 1.86. The van der Waals surface area contributed by atoms with Gasteiger partial charge in [0, 0.05) is 0 Å². The Kier molecular flexibility index (Phi) is 2.55. The summed E-state index contributed by atoms with van der Waals surface area (Å²) in [4.78, 5) is 4.17. The quantitative estimate of drug-likeness (QED) is 0.688. The Hall–Kier alpha value is -0.955. The molecule has 0 radical (unpaired) electrons. The number of aromatic nitrogens is 1. The van der Waals surface area contributed by atoms with E-state index in [2.05, 4.69) is 33.9 Å². The fraction of sp³-hybridized carbons (Fsp3) is 0. The van der Waals surface area contributed by atoms with Gasteiger partial charge in [0.05, 0.1) is 0 Å². The Labute approximate surface area is 86.2 Å². The SMILES string of the molecule is Brc1ncccc1-c1bcccc1. The average Bonchev–Trinajstić information content (AvgIpc) is 2.20. The van der Waals surface area contributed by atoms with Crippen LogP contribution in [-0.4, -0.2) is 11.9 Å². The van der Waals surface area contributed by atoms with Gasteiger partial charge in [0.15, 0.2) is 0 Å². The first-order valence-electron chi connectivity index (χ1n) is 4.04. The summed E-state index contributed by atoms with van der Waals surface area (Å²) in [5, 5.41) is 0. The molecule has 62 valence electrons. The summed E-state index contributed by atoms with van der Waals surface area (Å²) < 4.78 is 0.890. The zero-order valence-electron chi connectivity index (χ0n) is 6.94. The molecule has 0 bridgehead atoms. The van der Waals surface area contributed by atoms with Crippen molar-refractivity contribution in [2.45, 2.75) is 0 Å². The standard InChI is InChI=1S/C10H7BBrN/c12-10-8(4-3-7-13-10)9-5-1-2-6-11-9/h1-7H. The van der Waals surface area contributed by atoms with Gasteiger partial charge in [-0.2, -0.15) is 0 Å². The molecule has 0 saturated heterocycles. The molecular formula is C10H7BBrN. The molecule has 1 nitrogen and oxygen atoms in total. The van der Waals surface area contributed by atoms with Gasteiger partial charge in [-0.05, 0) is 0 Å². The van der Waals surface area contributed by atoms with Crippen LogP contribution in [0.25, 0.3) is 11.0 Å². The molecule has 0 spiro atoms. The van der Waals surface area contributed by atoms with Crippen LogP contribution in [0.1, 0.15) is 0 Å². The Morgan fingerprint density at radius 1 is 1.15 bits per heavy atom. The van der Waals surface area contributed by atoms with E-state index in [-0.39, 0.29) is 0 Å². The van der Waals surface area contributed by atoms with Crippen LogP contribution in [-0.2, 0) is 0 Å². The Morgan fingerprint density at radius 3 is 2.77 bits per heavy atom. The summed E-state index contributed by atoms with van der Waals surface area (Å²) in [5.74, 6) is 2.02. The van der Waals surface area contributed by atoms with E-state index in [1.54, 1.807) is 6.20 Å². The van der Waals surface area contributed by atoms with Gasteiger partial charge in [-0.25, -0.2) is 0 Å². The molecule has 0 aromatic carbocycles. The molecule has 2 aromatic heterocycles. The van der Waals surface area contributed by atoms with E-state index in [1.807, 2.05) is 30.2 Å². The first-order valence-corrected chi connectivity index (χ1v) is 4.83. The fourth-order valence-electron chi connectivity index (χ4n) is 1.22. The molecule has 2 aromatic rings. The number of hydrogen-bond acceptors (Lipinski definition) is 1. The van der Waals surface area contributed by atoms with E-state index in [9.17, 15) is 0 Å². The van der Waals surface area contributed by atoms with Gasteiger partial charge in [-0.3, -0.25) is 0 Å². The first kappa shape index (κ1) is 8.63. The molecule has 0 fully saturated rings. The van der Waals surface area contributed by atoms with Crippen molar-refractivity contribution in [1.82, 2.24) is 4.98 Å². The van der Waals surface area contributed by atoms with Crippen molar-refractivity contribution in [1.29, 1.82) is 0 Å². The Morgan fingerprint density at radius 2 is 2.08 bits per heavy atom. The average molecular weight is 232 g/mol. The minimum atomic E-state index is 0.890. The summed E-state index contributed by atoms with van der Waals surface area (Å²) in [6.45, 7) is 2.07. The maximum atomic E-state index is 4.17. The number of halogens is 1. The zero-order chi connectivity index (χ0) is 9.10. The van der Waals surface area contributed by atoms with Crippen LogP contribution < -0.4 is 0 Å². The van der Waals surface area contributed by atoms with Gasteiger partial charge >= 0.3 is 85.9 Å². The molecule has 0 N–H and O–H groups in total. The predicted octanol–water partition coefficient (Wildman–Crippen LogP) is 2.85. The second-order valence-corrected chi connectivity index (χ2v) is 3.46. The predicted molar refractivity (Wildman–Crippen MR) is 58.7 cm³/mol. The molecule has 3 heteroatoms. The molecule has 0 atom stereocenters. The zero-order valence-corrected chi connectivity index (χ0v) is 8.53. The molecular weight excluding hydrogens is 225 g/mol. The van der Waals surface area contributed by atoms with Gasteiger partial charge < -0.3 is 0 Å². The topological polar surface area (TPSA) is 12.9 Å². The molecule has 2 rings (SSSR count). The third-order valence-electron chi connectivity index (χ3n) is 1.84. The summed E-state index contributed by atoms with van der Waals surface area (Å²) >= 11 is 3.42. The van der Waals surface area contributed by atoms with Crippen molar-refractivity contribution in [3.8, 4) is 11.0 Å². The normalized spacial score (nSPS) is 9.62. The third-order valence-corrected chi connectivity index (χ3v) is 2.48. The summed E-state index contributed by atoms with van der Waals surface area (Å²) in [6, 6.07) is 10.1. The van der Waals surface area contributed by atoms with E-state index < -0.39 is 0 Å². The van der Waals surface area contributed by atoms with Crippen molar-refractivity contribution in [3.63, 3.8) is 0 Å². The molecule has 2 heterocycles. The number of rotatable bonds is 1. The second-order valence-electron chi connectivity index (χ2n) is 2.71.